The normalized spacial score (nSPS) is 13.9. The molecule has 88 valence electrons. The number of allylic oxidation sites excluding steroid dienone is 2. The van der Waals surface area contributed by atoms with Crippen LogP contribution in [0.4, 0.5) is 0 Å². The smallest absolute Gasteiger partial charge is 0.0918 e. The number of rotatable bonds is 0. The summed E-state index contributed by atoms with van der Waals surface area (Å²) in [5.74, 6) is 0. The maximum Gasteiger partial charge on any atom is 0.0918 e. The third-order valence-corrected chi connectivity index (χ3v) is 3.23. The molecule has 0 aromatic carbocycles. The van der Waals surface area contributed by atoms with Gasteiger partial charge in [-0.25, -0.2) is 0 Å². The molecule has 0 amide bonds. The zero-order chi connectivity index (χ0) is 11.0. The molecule has 0 aliphatic heterocycles. The van der Waals surface area contributed by atoms with E-state index < -0.39 is 0 Å². The van der Waals surface area contributed by atoms with E-state index in [1.54, 1.807) is 0 Å². The van der Waals surface area contributed by atoms with Crippen LogP contribution < -0.4 is 0 Å². The predicted octanol–water partition coefficient (Wildman–Crippen LogP) is 3.40. The van der Waals surface area contributed by atoms with E-state index in [1.165, 1.54) is 16.8 Å². The highest BCUT2D eigenvalue weighted by Crippen LogP contribution is 2.24. The summed E-state index contributed by atoms with van der Waals surface area (Å²) in [4.78, 5) is 9.17. The van der Waals surface area contributed by atoms with Crippen molar-refractivity contribution in [1.29, 1.82) is 0 Å². The summed E-state index contributed by atoms with van der Waals surface area (Å²) in [5, 5.41) is 0. The first-order chi connectivity index (χ1) is 7.86. The van der Waals surface area contributed by atoms with Gasteiger partial charge in [0.2, 0.25) is 0 Å². The monoisotopic (exact) mass is 246 g/mol. The number of aryl methyl sites for hydroxylation is 2. The molecule has 0 spiro atoms. The summed E-state index contributed by atoms with van der Waals surface area (Å²) in [6.07, 6.45) is 9.49. The van der Waals surface area contributed by atoms with Gasteiger partial charge in [0.25, 0.3) is 0 Å². The van der Waals surface area contributed by atoms with E-state index in [1.807, 2.05) is 18.3 Å². The first-order valence-electron chi connectivity index (χ1n) is 5.74. The van der Waals surface area contributed by atoms with Crippen LogP contribution in [0.15, 0.2) is 30.5 Å². The van der Waals surface area contributed by atoms with Crippen LogP contribution in [0.5, 0.6) is 0 Å². The summed E-state index contributed by atoms with van der Waals surface area (Å²) >= 11 is 0. The molecule has 0 unspecified atom stereocenters. The lowest BCUT2D eigenvalue weighted by atomic mass is 10.0. The molecule has 0 saturated heterocycles. The van der Waals surface area contributed by atoms with Crippen LogP contribution in [-0.2, 0) is 12.8 Å². The Hall–Kier alpha value is -1.41. The quantitative estimate of drug-likeness (QED) is 0.666. The van der Waals surface area contributed by atoms with Crippen LogP contribution in [-0.4, -0.2) is 9.97 Å². The molecule has 0 saturated carbocycles. The topological polar surface area (TPSA) is 25.8 Å². The van der Waals surface area contributed by atoms with Crippen molar-refractivity contribution in [3.8, 4) is 0 Å². The lowest BCUT2D eigenvalue weighted by Gasteiger charge is -2.10. The molecular weight excluding hydrogens is 232 g/mol. The van der Waals surface area contributed by atoms with Gasteiger partial charge < -0.3 is 0 Å². The number of halogens is 1. The van der Waals surface area contributed by atoms with Gasteiger partial charge in [0.05, 0.1) is 11.0 Å². The van der Waals surface area contributed by atoms with Crippen molar-refractivity contribution >= 4 is 23.4 Å². The average Bonchev–Trinajstić information content (AvgIpc) is 2.55. The fraction of sp³-hybridized carbons (Fsp3) is 0.286. The fourth-order valence-corrected chi connectivity index (χ4v) is 2.36. The molecule has 3 heteroatoms. The maximum absolute atomic E-state index is 4.73. The van der Waals surface area contributed by atoms with Crippen molar-refractivity contribution in [2.45, 2.75) is 26.2 Å². The molecule has 0 N–H and O–H groups in total. The van der Waals surface area contributed by atoms with Crippen LogP contribution in [0.1, 0.15) is 23.2 Å². The van der Waals surface area contributed by atoms with Crippen LogP contribution in [0.2, 0.25) is 0 Å². The summed E-state index contributed by atoms with van der Waals surface area (Å²) in [5.41, 5.74) is 6.01. The highest BCUT2D eigenvalue weighted by Gasteiger charge is 2.12. The van der Waals surface area contributed by atoms with Gasteiger partial charge in [-0.3, -0.25) is 9.97 Å². The van der Waals surface area contributed by atoms with Crippen LogP contribution in [0, 0.1) is 6.92 Å². The largest absolute Gasteiger partial charge is 0.254 e. The number of hydrogen-bond donors (Lipinski definition) is 0. The summed E-state index contributed by atoms with van der Waals surface area (Å²) in [6.45, 7) is 2.16. The highest BCUT2D eigenvalue weighted by atomic mass is 35.5. The molecular formula is C14H15ClN2. The number of aromatic nitrogens is 2. The Morgan fingerprint density at radius 3 is 3.00 bits per heavy atom. The minimum absolute atomic E-state index is 0. The van der Waals surface area contributed by atoms with Crippen molar-refractivity contribution in [3.05, 3.63) is 47.3 Å². The lowest BCUT2D eigenvalue weighted by molar-refractivity contribution is 0.942. The summed E-state index contributed by atoms with van der Waals surface area (Å²) < 4.78 is 0. The van der Waals surface area contributed by atoms with E-state index in [4.69, 9.17) is 4.98 Å². The van der Waals surface area contributed by atoms with Gasteiger partial charge in [-0.05, 0) is 49.4 Å². The Morgan fingerprint density at radius 1 is 1.24 bits per heavy atom. The highest BCUT2D eigenvalue weighted by molar-refractivity contribution is 5.85. The molecule has 2 nitrogen and oxygen atoms in total. The third-order valence-electron chi connectivity index (χ3n) is 3.23. The van der Waals surface area contributed by atoms with Crippen molar-refractivity contribution in [3.63, 3.8) is 0 Å². The van der Waals surface area contributed by atoms with E-state index in [0.29, 0.717) is 0 Å². The number of nitrogens with zero attached hydrogens (tertiary/aromatic N) is 2. The fourth-order valence-electron chi connectivity index (χ4n) is 2.36. The van der Waals surface area contributed by atoms with Gasteiger partial charge in [0.1, 0.15) is 0 Å². The first-order valence-corrected chi connectivity index (χ1v) is 5.74. The van der Waals surface area contributed by atoms with Gasteiger partial charge in [-0.2, -0.15) is 0 Å². The standard InChI is InChI=1S/C14H14N2.ClH/c1-10-11-6-3-2-4-7-12(11)16-13-8-5-9-15-14(10)13;/h2-3,5,8-9H,4,6-7H2,1H3;1H. The molecule has 0 atom stereocenters. The lowest BCUT2D eigenvalue weighted by Crippen LogP contribution is -2.01. The number of pyridine rings is 2. The van der Waals surface area contributed by atoms with Gasteiger partial charge >= 0.3 is 0 Å². The molecule has 17 heavy (non-hydrogen) atoms. The molecule has 2 aromatic rings. The van der Waals surface area contributed by atoms with E-state index in [0.717, 1.165) is 30.3 Å². The van der Waals surface area contributed by atoms with Crippen LogP contribution >= 0.6 is 12.4 Å². The summed E-state index contributed by atoms with van der Waals surface area (Å²) in [6, 6.07) is 4.00. The Morgan fingerprint density at radius 2 is 2.12 bits per heavy atom. The molecule has 0 radical (unpaired) electrons. The molecule has 0 bridgehead atoms. The van der Waals surface area contributed by atoms with E-state index in [2.05, 4.69) is 24.1 Å². The van der Waals surface area contributed by atoms with Crippen LogP contribution in [0.3, 0.4) is 0 Å². The van der Waals surface area contributed by atoms with Gasteiger partial charge in [0.15, 0.2) is 0 Å². The Balaban J connectivity index is 0.00000108. The molecule has 1 aliphatic carbocycles. The SMILES string of the molecule is Cc1c2c(nc3cccnc13)CCC=CC2.Cl. The van der Waals surface area contributed by atoms with Crippen LogP contribution in [0.25, 0.3) is 11.0 Å². The second-order valence-electron chi connectivity index (χ2n) is 4.25. The van der Waals surface area contributed by atoms with Crippen molar-refractivity contribution < 1.29 is 0 Å². The van der Waals surface area contributed by atoms with Gasteiger partial charge in [-0.15, -0.1) is 12.4 Å². The minimum atomic E-state index is 0. The first kappa shape index (κ1) is 12.1. The minimum Gasteiger partial charge on any atom is -0.254 e. The maximum atomic E-state index is 4.73. The second kappa shape index (κ2) is 4.84. The average molecular weight is 247 g/mol. The zero-order valence-corrected chi connectivity index (χ0v) is 10.6. The van der Waals surface area contributed by atoms with Crippen molar-refractivity contribution in [2.75, 3.05) is 0 Å². The molecule has 1 aliphatic rings. The molecule has 0 fully saturated rings. The van der Waals surface area contributed by atoms with Crippen molar-refractivity contribution in [2.24, 2.45) is 0 Å². The Kier molecular flexibility index (Phi) is 3.43. The second-order valence-corrected chi connectivity index (χ2v) is 4.25. The Bertz CT molecular complexity index is 576. The third kappa shape index (κ3) is 2.05. The molecule has 2 heterocycles. The Labute approximate surface area is 107 Å². The zero-order valence-electron chi connectivity index (χ0n) is 9.81. The summed E-state index contributed by atoms with van der Waals surface area (Å²) in [7, 11) is 0. The van der Waals surface area contributed by atoms with Gasteiger partial charge in [0, 0.05) is 11.9 Å². The van der Waals surface area contributed by atoms with E-state index >= 15 is 0 Å². The van der Waals surface area contributed by atoms with E-state index in [-0.39, 0.29) is 12.4 Å². The predicted molar refractivity (Wildman–Crippen MR) is 72.7 cm³/mol. The van der Waals surface area contributed by atoms with Crippen molar-refractivity contribution in [1.82, 2.24) is 9.97 Å². The van der Waals surface area contributed by atoms with Gasteiger partial charge in [-0.1, -0.05) is 12.2 Å². The number of fused-ring (bicyclic) bond motifs is 2. The van der Waals surface area contributed by atoms with E-state index in [9.17, 15) is 0 Å². The molecule has 2 aromatic heterocycles. The number of hydrogen-bond acceptors (Lipinski definition) is 2. The molecule has 3 rings (SSSR count).